The highest BCUT2D eigenvalue weighted by atomic mass is 16.7. The van der Waals surface area contributed by atoms with E-state index in [4.69, 9.17) is 9.47 Å². The van der Waals surface area contributed by atoms with Crippen LogP contribution in [0.1, 0.15) is 0 Å². The second-order valence-corrected chi connectivity index (χ2v) is 4.25. The zero-order chi connectivity index (χ0) is 10.6. The minimum absolute atomic E-state index is 0.0787. The lowest BCUT2D eigenvalue weighted by atomic mass is 10.0. The molecule has 3 aliphatic rings. The van der Waals surface area contributed by atoms with Crippen LogP contribution in [-0.2, 0) is 9.47 Å². The molecule has 4 unspecified atom stereocenters. The number of azo groups is 1. The van der Waals surface area contributed by atoms with E-state index >= 15 is 0 Å². The predicted molar refractivity (Wildman–Crippen MR) is 56.4 cm³/mol. The number of ether oxygens (including phenoxy) is 2. The lowest BCUT2D eigenvalue weighted by Crippen LogP contribution is -2.17. The standard InChI is InChI=1S/C12H10N2O2/c1-2-4-8(5-3-1)13-14-12-7-6-9-10(15-9)11(12)16-12/h1-7,9-11H. The van der Waals surface area contributed by atoms with Gasteiger partial charge in [0.05, 0.1) is 5.69 Å². The van der Waals surface area contributed by atoms with E-state index in [0.29, 0.717) is 0 Å². The molecule has 0 bridgehead atoms. The van der Waals surface area contributed by atoms with Crippen LogP contribution in [0.3, 0.4) is 0 Å². The third kappa shape index (κ3) is 1.17. The molecule has 1 aromatic carbocycles. The van der Waals surface area contributed by atoms with Crippen LogP contribution < -0.4 is 0 Å². The Morgan fingerprint density at radius 2 is 2.06 bits per heavy atom. The Morgan fingerprint density at radius 3 is 2.94 bits per heavy atom. The van der Waals surface area contributed by atoms with Crippen LogP contribution >= 0.6 is 0 Å². The summed E-state index contributed by atoms with van der Waals surface area (Å²) in [5.74, 6) is 0. The summed E-state index contributed by atoms with van der Waals surface area (Å²) in [5.41, 5.74) is 0.311. The highest BCUT2D eigenvalue weighted by Crippen LogP contribution is 2.53. The van der Waals surface area contributed by atoms with Crippen molar-refractivity contribution >= 4 is 5.69 Å². The summed E-state index contributed by atoms with van der Waals surface area (Å²) >= 11 is 0. The topological polar surface area (TPSA) is 49.8 Å². The number of hydrogen-bond donors (Lipinski definition) is 0. The summed E-state index contributed by atoms with van der Waals surface area (Å²) in [6, 6.07) is 9.67. The van der Waals surface area contributed by atoms with Gasteiger partial charge in [-0.2, -0.15) is 5.11 Å². The molecule has 0 saturated carbocycles. The molecule has 2 heterocycles. The summed E-state index contributed by atoms with van der Waals surface area (Å²) in [7, 11) is 0. The number of rotatable bonds is 2. The third-order valence-electron chi connectivity index (χ3n) is 3.13. The molecule has 4 nitrogen and oxygen atoms in total. The van der Waals surface area contributed by atoms with Crippen molar-refractivity contribution in [2.75, 3.05) is 0 Å². The molecular weight excluding hydrogens is 204 g/mol. The van der Waals surface area contributed by atoms with Gasteiger partial charge in [0.25, 0.3) is 0 Å². The van der Waals surface area contributed by atoms with Gasteiger partial charge < -0.3 is 9.47 Å². The summed E-state index contributed by atoms with van der Waals surface area (Å²) in [6.45, 7) is 0. The lowest BCUT2D eigenvalue weighted by molar-refractivity contribution is 0.293. The van der Waals surface area contributed by atoms with Crippen LogP contribution in [0.4, 0.5) is 5.69 Å². The molecule has 2 aliphatic heterocycles. The van der Waals surface area contributed by atoms with Crippen LogP contribution in [0.2, 0.25) is 0 Å². The number of fused-ring (bicyclic) bond motifs is 3. The molecule has 0 radical (unpaired) electrons. The van der Waals surface area contributed by atoms with Crippen LogP contribution in [0.5, 0.6) is 0 Å². The molecule has 16 heavy (non-hydrogen) atoms. The minimum atomic E-state index is -0.534. The van der Waals surface area contributed by atoms with E-state index < -0.39 is 5.72 Å². The fourth-order valence-corrected chi connectivity index (χ4v) is 2.12. The Kier molecular flexibility index (Phi) is 1.50. The minimum Gasteiger partial charge on any atom is -0.362 e. The van der Waals surface area contributed by atoms with Gasteiger partial charge in [-0.1, -0.05) is 24.3 Å². The van der Waals surface area contributed by atoms with Gasteiger partial charge in [-0.15, -0.1) is 5.11 Å². The quantitative estimate of drug-likeness (QED) is 0.430. The molecule has 4 heteroatoms. The maximum atomic E-state index is 5.57. The normalized spacial score (nSPS) is 42.9. The van der Waals surface area contributed by atoms with Crippen molar-refractivity contribution in [1.82, 2.24) is 0 Å². The molecule has 2 fully saturated rings. The summed E-state index contributed by atoms with van der Waals surface area (Å²) < 4.78 is 11.0. The van der Waals surface area contributed by atoms with Crippen molar-refractivity contribution in [3.63, 3.8) is 0 Å². The average Bonchev–Trinajstić information content (AvgIpc) is 3.19. The molecule has 0 spiro atoms. The lowest BCUT2D eigenvalue weighted by Gasteiger charge is -2.01. The summed E-state index contributed by atoms with van der Waals surface area (Å²) in [6.07, 6.45) is 4.51. The molecule has 4 rings (SSSR count). The zero-order valence-corrected chi connectivity index (χ0v) is 8.48. The Labute approximate surface area is 92.6 Å². The van der Waals surface area contributed by atoms with E-state index in [2.05, 4.69) is 10.2 Å². The Morgan fingerprint density at radius 1 is 1.19 bits per heavy atom. The van der Waals surface area contributed by atoms with Crippen molar-refractivity contribution in [3.8, 4) is 0 Å². The Balaban J connectivity index is 1.59. The first-order chi connectivity index (χ1) is 7.87. The monoisotopic (exact) mass is 214 g/mol. The smallest absolute Gasteiger partial charge is 0.228 e. The van der Waals surface area contributed by atoms with E-state index in [0.717, 1.165) is 5.69 Å². The number of epoxide rings is 2. The first-order valence-corrected chi connectivity index (χ1v) is 5.38. The van der Waals surface area contributed by atoms with Crippen LogP contribution in [-0.4, -0.2) is 24.0 Å². The van der Waals surface area contributed by atoms with Gasteiger partial charge in [0.2, 0.25) is 5.72 Å². The van der Waals surface area contributed by atoms with Crippen molar-refractivity contribution in [2.45, 2.75) is 24.0 Å². The highest BCUT2D eigenvalue weighted by Gasteiger charge is 2.69. The van der Waals surface area contributed by atoms with Gasteiger partial charge >= 0.3 is 0 Å². The maximum absolute atomic E-state index is 5.57. The molecule has 0 N–H and O–H groups in total. The highest BCUT2D eigenvalue weighted by molar-refractivity contribution is 5.36. The van der Waals surface area contributed by atoms with Gasteiger partial charge in [-0.05, 0) is 18.2 Å². The SMILES string of the molecule is C1=CC2(N=Nc3ccccc3)OC2C2OC12. The molecule has 0 amide bonds. The van der Waals surface area contributed by atoms with Crippen molar-refractivity contribution in [2.24, 2.45) is 10.2 Å². The third-order valence-corrected chi connectivity index (χ3v) is 3.13. The predicted octanol–water partition coefficient (Wildman–Crippen LogP) is 2.20. The van der Waals surface area contributed by atoms with Gasteiger partial charge in [0.1, 0.15) is 18.3 Å². The molecule has 80 valence electrons. The van der Waals surface area contributed by atoms with Crippen LogP contribution in [0, 0.1) is 0 Å². The number of benzene rings is 1. The van der Waals surface area contributed by atoms with E-state index in [-0.39, 0.29) is 18.3 Å². The molecule has 1 aliphatic carbocycles. The second-order valence-electron chi connectivity index (χ2n) is 4.25. The van der Waals surface area contributed by atoms with Gasteiger partial charge in [-0.25, -0.2) is 0 Å². The van der Waals surface area contributed by atoms with Crippen molar-refractivity contribution < 1.29 is 9.47 Å². The first kappa shape index (κ1) is 8.61. The van der Waals surface area contributed by atoms with E-state index in [1.54, 1.807) is 0 Å². The van der Waals surface area contributed by atoms with Gasteiger partial charge in [0.15, 0.2) is 0 Å². The summed E-state index contributed by atoms with van der Waals surface area (Å²) in [4.78, 5) is 0. The van der Waals surface area contributed by atoms with E-state index in [1.807, 2.05) is 42.5 Å². The van der Waals surface area contributed by atoms with Gasteiger partial charge in [-0.3, -0.25) is 0 Å². The van der Waals surface area contributed by atoms with Crippen molar-refractivity contribution in [3.05, 3.63) is 42.5 Å². The number of hydrogen-bond acceptors (Lipinski definition) is 4. The zero-order valence-electron chi connectivity index (χ0n) is 8.48. The molecule has 2 saturated heterocycles. The van der Waals surface area contributed by atoms with E-state index in [9.17, 15) is 0 Å². The Hall–Kier alpha value is -1.52. The van der Waals surface area contributed by atoms with Crippen LogP contribution in [0.25, 0.3) is 0 Å². The number of nitrogens with zero attached hydrogens (tertiary/aromatic N) is 2. The molecule has 4 atom stereocenters. The summed E-state index contributed by atoms with van der Waals surface area (Å²) in [5, 5.41) is 8.46. The van der Waals surface area contributed by atoms with Crippen molar-refractivity contribution in [1.29, 1.82) is 0 Å². The molecular formula is C12H10N2O2. The Bertz CT molecular complexity index is 485. The fourth-order valence-electron chi connectivity index (χ4n) is 2.12. The first-order valence-electron chi connectivity index (χ1n) is 5.38. The fraction of sp³-hybridized carbons (Fsp3) is 0.333. The van der Waals surface area contributed by atoms with Crippen LogP contribution in [0.15, 0.2) is 52.7 Å². The van der Waals surface area contributed by atoms with Gasteiger partial charge in [0, 0.05) is 0 Å². The second kappa shape index (κ2) is 2.78. The largest absolute Gasteiger partial charge is 0.362 e. The average molecular weight is 214 g/mol. The molecule has 0 aromatic heterocycles. The molecule has 1 aromatic rings. The maximum Gasteiger partial charge on any atom is 0.228 e. The van der Waals surface area contributed by atoms with E-state index in [1.165, 1.54) is 0 Å².